The lowest BCUT2D eigenvalue weighted by Gasteiger charge is -2.56. The molecule has 4 aliphatic carbocycles. The first-order chi connectivity index (χ1) is 19.0. The van der Waals surface area contributed by atoms with Gasteiger partial charge in [-0.25, -0.2) is 4.68 Å². The Balaban J connectivity index is 1.17. The molecule has 2 aromatic carbocycles. The molecule has 0 atom stereocenters. The highest BCUT2D eigenvalue weighted by molar-refractivity contribution is 8.27. The van der Waals surface area contributed by atoms with Crippen LogP contribution >= 0.6 is 11.8 Å². The van der Waals surface area contributed by atoms with E-state index in [4.69, 9.17) is 15.6 Å². The summed E-state index contributed by atoms with van der Waals surface area (Å²) in [6.07, 6.45) is 11.3. The van der Waals surface area contributed by atoms with Crippen molar-refractivity contribution < 1.29 is 4.79 Å². The summed E-state index contributed by atoms with van der Waals surface area (Å²) >= 11 is 1.52. The number of para-hydroxylation sites is 1. The molecule has 0 spiro atoms. The predicted octanol–water partition coefficient (Wildman–Crippen LogP) is 6.37. The van der Waals surface area contributed by atoms with Gasteiger partial charge in [0.05, 0.1) is 17.0 Å². The maximum atomic E-state index is 13.3. The number of aliphatic imine (C=N–C) groups is 1. The predicted molar refractivity (Wildman–Crippen MR) is 155 cm³/mol. The number of amidine groups is 2. The molecule has 1 aromatic heterocycles. The summed E-state index contributed by atoms with van der Waals surface area (Å²) in [6.45, 7) is 0. The van der Waals surface area contributed by atoms with Crippen molar-refractivity contribution in [1.82, 2.24) is 14.8 Å². The topological polar surface area (TPSA) is 86.7 Å². The summed E-state index contributed by atoms with van der Waals surface area (Å²) in [5.74, 6) is 2.09. The van der Waals surface area contributed by atoms with E-state index in [0.29, 0.717) is 5.17 Å². The van der Waals surface area contributed by atoms with Crippen molar-refractivity contribution in [2.75, 3.05) is 0 Å². The van der Waals surface area contributed by atoms with Crippen LogP contribution in [-0.2, 0) is 4.79 Å². The highest BCUT2D eigenvalue weighted by atomic mass is 32.2. The molecule has 9 rings (SSSR count). The van der Waals surface area contributed by atoms with Gasteiger partial charge in [0.25, 0.3) is 5.91 Å². The molecule has 3 heterocycles. The van der Waals surface area contributed by atoms with Crippen LogP contribution in [0.25, 0.3) is 23.0 Å². The summed E-state index contributed by atoms with van der Waals surface area (Å²) in [6, 6.07) is 19.8. The number of hydrogen-bond acceptors (Lipinski definition) is 5. The zero-order valence-corrected chi connectivity index (χ0v) is 22.3. The van der Waals surface area contributed by atoms with Gasteiger partial charge in [-0.15, -0.1) is 0 Å². The van der Waals surface area contributed by atoms with E-state index >= 15 is 0 Å². The third-order valence-corrected chi connectivity index (χ3v) is 10.2. The number of nitrogens with zero attached hydrogens (tertiary/aromatic N) is 5. The van der Waals surface area contributed by atoms with Gasteiger partial charge in [-0.2, -0.15) is 20.2 Å². The molecule has 0 unspecified atom stereocenters. The number of fused-ring (bicyclic) bond motifs is 1. The normalized spacial score (nSPS) is 30.1. The lowest BCUT2D eigenvalue weighted by Crippen LogP contribution is -2.49. The van der Waals surface area contributed by atoms with Crippen LogP contribution in [0.2, 0.25) is 0 Å². The van der Waals surface area contributed by atoms with Crippen LogP contribution in [0.5, 0.6) is 0 Å². The fourth-order valence-electron chi connectivity index (χ4n) is 7.76. The van der Waals surface area contributed by atoms with Crippen molar-refractivity contribution in [2.45, 2.75) is 38.5 Å². The number of carbonyl (C=O) groups is 1. The monoisotopic (exact) mass is 532 g/mol. The van der Waals surface area contributed by atoms with Crippen LogP contribution in [0.4, 0.5) is 0 Å². The second-order valence-corrected chi connectivity index (χ2v) is 12.7. The fourth-order valence-corrected chi connectivity index (χ4v) is 8.87. The van der Waals surface area contributed by atoms with E-state index in [2.05, 4.69) is 4.99 Å². The molecule has 1 N–H and O–H groups in total. The van der Waals surface area contributed by atoms with E-state index in [-0.39, 0.29) is 16.8 Å². The molecule has 2 aliphatic heterocycles. The lowest BCUT2D eigenvalue weighted by atomic mass is 9.50. The van der Waals surface area contributed by atoms with Gasteiger partial charge in [-0.3, -0.25) is 10.2 Å². The van der Waals surface area contributed by atoms with Gasteiger partial charge < -0.3 is 0 Å². The average molecular weight is 533 g/mol. The molecular weight excluding hydrogens is 504 g/mol. The zero-order chi connectivity index (χ0) is 26.1. The van der Waals surface area contributed by atoms with Crippen molar-refractivity contribution in [3.63, 3.8) is 0 Å². The number of carbonyl (C=O) groups excluding carboxylic acids is 1. The molecule has 6 aliphatic rings. The first kappa shape index (κ1) is 23.1. The van der Waals surface area contributed by atoms with Crippen molar-refractivity contribution in [2.24, 2.45) is 33.3 Å². The first-order valence-electron chi connectivity index (χ1n) is 13.8. The highest BCUT2D eigenvalue weighted by Gasteiger charge is 2.55. The number of nitrogens with one attached hydrogen (secondary N) is 1. The fraction of sp³-hybridized carbons (Fsp3) is 0.323. The molecule has 4 saturated carbocycles. The number of benzene rings is 2. The summed E-state index contributed by atoms with van der Waals surface area (Å²) < 4.78 is 1.81. The Morgan fingerprint density at radius 2 is 1.56 bits per heavy atom. The first-order valence-corrected chi connectivity index (χ1v) is 14.6. The third-order valence-electron chi connectivity index (χ3n) is 9.06. The molecule has 194 valence electrons. The number of thioether (sulfide) groups is 1. The third kappa shape index (κ3) is 3.76. The van der Waals surface area contributed by atoms with Gasteiger partial charge in [0, 0.05) is 22.7 Å². The van der Waals surface area contributed by atoms with E-state index in [1.165, 1.54) is 50.3 Å². The Hall–Kier alpha value is -3.78. The van der Waals surface area contributed by atoms with Crippen molar-refractivity contribution in [1.29, 1.82) is 5.41 Å². The maximum Gasteiger partial charge on any atom is 0.283 e. The van der Waals surface area contributed by atoms with Crippen molar-refractivity contribution in [3.8, 4) is 16.9 Å². The molecular formula is C31H28N6OS. The largest absolute Gasteiger partial charge is 0.283 e. The lowest BCUT2D eigenvalue weighted by molar-refractivity contribution is -0.114. The van der Waals surface area contributed by atoms with Crippen LogP contribution < -0.4 is 0 Å². The van der Waals surface area contributed by atoms with Crippen molar-refractivity contribution >= 4 is 39.8 Å². The van der Waals surface area contributed by atoms with Gasteiger partial charge >= 0.3 is 0 Å². The summed E-state index contributed by atoms with van der Waals surface area (Å²) in [5.41, 5.74) is 3.70. The number of hydrogen-bond donors (Lipinski definition) is 1. The SMILES string of the molecule is N=C1/C(=C/c2cn(-c3ccccc3)nc2-c2ccccc2)C(=O)N=C2SC(C34CC5CC(CC(C5)C3)C4)=NN12. The molecule has 3 aromatic rings. The summed E-state index contributed by atoms with van der Waals surface area (Å²) in [4.78, 5) is 17.7. The van der Waals surface area contributed by atoms with Gasteiger partial charge in [-0.1, -0.05) is 48.5 Å². The Morgan fingerprint density at radius 3 is 2.23 bits per heavy atom. The molecule has 8 heteroatoms. The molecule has 4 bridgehead atoms. The van der Waals surface area contributed by atoms with Gasteiger partial charge in [0.1, 0.15) is 5.04 Å². The maximum absolute atomic E-state index is 13.3. The minimum atomic E-state index is -0.396. The Kier molecular flexibility index (Phi) is 5.11. The van der Waals surface area contributed by atoms with E-state index in [0.717, 1.165) is 45.3 Å². The summed E-state index contributed by atoms with van der Waals surface area (Å²) in [7, 11) is 0. The second-order valence-electron chi connectivity index (χ2n) is 11.7. The minimum absolute atomic E-state index is 0.0868. The molecule has 0 saturated heterocycles. The van der Waals surface area contributed by atoms with Crippen LogP contribution in [0.1, 0.15) is 44.1 Å². The van der Waals surface area contributed by atoms with Crippen LogP contribution in [0, 0.1) is 28.6 Å². The number of rotatable bonds is 4. The van der Waals surface area contributed by atoms with Crippen LogP contribution in [-0.4, -0.2) is 36.7 Å². The Morgan fingerprint density at radius 1 is 0.923 bits per heavy atom. The smallest absolute Gasteiger partial charge is 0.282 e. The van der Waals surface area contributed by atoms with E-state index < -0.39 is 5.91 Å². The number of hydrazone groups is 1. The molecule has 0 radical (unpaired) electrons. The minimum Gasteiger partial charge on any atom is -0.282 e. The molecule has 7 nitrogen and oxygen atoms in total. The summed E-state index contributed by atoms with van der Waals surface area (Å²) in [5, 5.41) is 22.1. The Labute approximate surface area is 231 Å². The molecule has 39 heavy (non-hydrogen) atoms. The van der Waals surface area contributed by atoms with Gasteiger partial charge in [0.15, 0.2) is 5.84 Å². The number of aromatic nitrogens is 2. The van der Waals surface area contributed by atoms with E-state index in [1.807, 2.05) is 71.5 Å². The van der Waals surface area contributed by atoms with E-state index in [9.17, 15) is 4.79 Å². The van der Waals surface area contributed by atoms with Gasteiger partial charge in [0.2, 0.25) is 5.17 Å². The number of amides is 1. The van der Waals surface area contributed by atoms with Crippen LogP contribution in [0.15, 0.2) is 82.5 Å². The van der Waals surface area contributed by atoms with Gasteiger partial charge in [-0.05, 0) is 86.2 Å². The Bertz CT molecular complexity index is 1570. The quantitative estimate of drug-likeness (QED) is 0.395. The van der Waals surface area contributed by atoms with E-state index in [1.54, 1.807) is 11.1 Å². The van der Waals surface area contributed by atoms with Crippen LogP contribution in [0.3, 0.4) is 0 Å². The standard InChI is InChI=1S/C31H28N6OS/c32-27-25(14-23-18-36(24-9-5-2-6-10-24)34-26(23)22-7-3-1-4-8-22)28(38)33-30-37(27)35-29(39-30)31-15-19-11-20(16-31)13-21(12-19)17-31/h1-10,14,18-21,32H,11-13,15-17H2/b25-14-,32-27?. The average Bonchev–Trinajstić information content (AvgIpc) is 3.57. The van der Waals surface area contributed by atoms with Crippen molar-refractivity contribution in [3.05, 3.63) is 78.0 Å². The highest BCUT2D eigenvalue weighted by Crippen LogP contribution is 2.62. The second kappa shape index (κ2) is 8.61. The molecule has 4 fully saturated rings. The zero-order valence-electron chi connectivity index (χ0n) is 21.5. The molecule has 1 amide bonds.